The Morgan fingerprint density at radius 1 is 1.13 bits per heavy atom. The number of nitrogens with zero attached hydrogens (tertiary/aromatic N) is 9. The lowest BCUT2D eigenvalue weighted by Crippen LogP contribution is -2.63. The van der Waals surface area contributed by atoms with Gasteiger partial charge in [-0.1, -0.05) is 0 Å². The van der Waals surface area contributed by atoms with E-state index < -0.39 is 0 Å². The van der Waals surface area contributed by atoms with Crippen molar-refractivity contribution in [1.29, 1.82) is 5.26 Å². The standard InChI is InChI=1S/C20H21N9O/c1-26-10-15(8-23-26)17-12-28-18(2-5-22-28)19(25-17)16-9-24-29(11-16)20(3-4-21)13-27(14-20)6-7-30/h2,5,8-12,30H,3,6-7,13-14H2,1H3. The highest BCUT2D eigenvalue weighted by Crippen LogP contribution is 2.34. The first-order valence-electron chi connectivity index (χ1n) is 9.71. The first kappa shape index (κ1) is 18.5. The number of fused-ring (bicyclic) bond motifs is 1. The molecule has 5 heterocycles. The molecule has 0 aromatic carbocycles. The van der Waals surface area contributed by atoms with Crippen LogP contribution in [0.3, 0.4) is 0 Å². The Morgan fingerprint density at radius 2 is 1.97 bits per heavy atom. The van der Waals surface area contributed by atoms with Gasteiger partial charge in [-0.25, -0.2) is 9.50 Å². The Morgan fingerprint density at radius 3 is 2.70 bits per heavy atom. The van der Waals surface area contributed by atoms with Gasteiger partial charge in [0.05, 0.1) is 60.8 Å². The van der Waals surface area contributed by atoms with Crippen molar-refractivity contribution in [2.75, 3.05) is 26.2 Å². The zero-order valence-corrected chi connectivity index (χ0v) is 16.5. The average Bonchev–Trinajstić information content (AvgIpc) is 3.45. The average molecular weight is 403 g/mol. The van der Waals surface area contributed by atoms with Crippen LogP contribution in [0.4, 0.5) is 0 Å². The second kappa shape index (κ2) is 7.05. The van der Waals surface area contributed by atoms with Gasteiger partial charge in [0.25, 0.3) is 0 Å². The van der Waals surface area contributed by atoms with Gasteiger partial charge in [-0.15, -0.1) is 0 Å². The molecule has 1 saturated heterocycles. The number of aryl methyl sites for hydroxylation is 1. The van der Waals surface area contributed by atoms with Crippen LogP contribution in [0.5, 0.6) is 0 Å². The van der Waals surface area contributed by atoms with E-state index in [1.807, 2.05) is 36.4 Å². The fraction of sp³-hybridized carbons (Fsp3) is 0.350. The molecular formula is C20H21N9O. The number of β-amino-alcohol motifs (C(OH)–C–C–N with tert-alkyl or cyclic N) is 1. The van der Waals surface area contributed by atoms with Crippen molar-refractivity contribution in [2.45, 2.75) is 12.0 Å². The van der Waals surface area contributed by atoms with Crippen LogP contribution in [0.1, 0.15) is 6.42 Å². The van der Waals surface area contributed by atoms with Crippen molar-refractivity contribution in [2.24, 2.45) is 7.05 Å². The van der Waals surface area contributed by atoms with Crippen LogP contribution in [0.25, 0.3) is 28.0 Å². The lowest BCUT2D eigenvalue weighted by Gasteiger charge is -2.48. The van der Waals surface area contributed by atoms with E-state index >= 15 is 0 Å². The number of aromatic nitrogens is 7. The highest BCUT2D eigenvalue weighted by atomic mass is 16.3. The minimum atomic E-state index is -0.375. The van der Waals surface area contributed by atoms with E-state index in [1.165, 1.54) is 0 Å². The van der Waals surface area contributed by atoms with Gasteiger partial charge in [-0.2, -0.15) is 20.6 Å². The SMILES string of the molecule is Cn1cc(-c2cn3nccc3c(-c3cnn(C4(CC#N)CN(CCO)C4)c3)n2)cn1. The smallest absolute Gasteiger partial charge is 0.101 e. The van der Waals surface area contributed by atoms with Gasteiger partial charge >= 0.3 is 0 Å². The second-order valence-corrected chi connectivity index (χ2v) is 7.71. The van der Waals surface area contributed by atoms with Gasteiger partial charge in [0.2, 0.25) is 0 Å². The van der Waals surface area contributed by atoms with Crippen molar-refractivity contribution < 1.29 is 5.11 Å². The molecular weight excluding hydrogens is 382 g/mol. The van der Waals surface area contributed by atoms with Gasteiger partial charge < -0.3 is 5.11 Å². The number of aliphatic hydroxyl groups excluding tert-OH is 1. The predicted octanol–water partition coefficient (Wildman–Crippen LogP) is 0.910. The topological polar surface area (TPSA) is 113 Å². The first-order chi connectivity index (χ1) is 14.6. The summed E-state index contributed by atoms with van der Waals surface area (Å²) in [6.07, 6.45) is 11.4. The minimum Gasteiger partial charge on any atom is -0.395 e. The Labute approximate surface area is 172 Å². The van der Waals surface area contributed by atoms with Crippen molar-refractivity contribution in [3.8, 4) is 28.6 Å². The van der Waals surface area contributed by atoms with Gasteiger partial charge in [0.15, 0.2) is 0 Å². The molecule has 0 atom stereocenters. The maximum atomic E-state index is 9.36. The van der Waals surface area contributed by atoms with Gasteiger partial charge in [0.1, 0.15) is 5.54 Å². The quantitative estimate of drug-likeness (QED) is 0.509. The zero-order valence-electron chi connectivity index (χ0n) is 16.5. The molecule has 0 radical (unpaired) electrons. The third-order valence-corrected chi connectivity index (χ3v) is 5.59. The molecule has 1 fully saturated rings. The van der Waals surface area contributed by atoms with Crippen molar-refractivity contribution >= 4 is 5.52 Å². The summed E-state index contributed by atoms with van der Waals surface area (Å²) in [7, 11) is 1.87. The number of aliphatic hydroxyl groups is 1. The molecule has 152 valence electrons. The van der Waals surface area contributed by atoms with E-state index in [4.69, 9.17) is 4.98 Å². The Bertz CT molecular complexity index is 1240. The third-order valence-electron chi connectivity index (χ3n) is 5.59. The Kier molecular flexibility index (Phi) is 4.34. The molecule has 0 unspecified atom stereocenters. The molecule has 30 heavy (non-hydrogen) atoms. The highest BCUT2D eigenvalue weighted by molar-refractivity contribution is 5.78. The molecule has 10 nitrogen and oxygen atoms in total. The highest BCUT2D eigenvalue weighted by Gasteiger charge is 2.45. The van der Waals surface area contributed by atoms with Crippen LogP contribution in [-0.4, -0.2) is 70.4 Å². The lowest BCUT2D eigenvalue weighted by atomic mass is 9.87. The molecule has 0 spiro atoms. The monoisotopic (exact) mass is 403 g/mol. The summed E-state index contributed by atoms with van der Waals surface area (Å²) in [4.78, 5) is 7.00. The van der Waals surface area contributed by atoms with E-state index in [9.17, 15) is 10.4 Å². The van der Waals surface area contributed by atoms with Gasteiger partial charge in [-0.3, -0.25) is 14.3 Å². The largest absolute Gasteiger partial charge is 0.395 e. The second-order valence-electron chi connectivity index (χ2n) is 7.71. The van der Waals surface area contributed by atoms with Crippen molar-refractivity contribution in [1.82, 2.24) is 39.1 Å². The number of rotatable bonds is 6. The van der Waals surface area contributed by atoms with E-state index in [0.29, 0.717) is 26.1 Å². The van der Waals surface area contributed by atoms with Crippen molar-refractivity contribution in [3.63, 3.8) is 0 Å². The third kappa shape index (κ3) is 2.96. The number of hydrogen-bond donors (Lipinski definition) is 1. The van der Waals surface area contributed by atoms with E-state index in [2.05, 4.69) is 26.3 Å². The summed E-state index contributed by atoms with van der Waals surface area (Å²) in [5.41, 5.74) is 3.82. The summed E-state index contributed by atoms with van der Waals surface area (Å²) in [6.45, 7) is 2.09. The van der Waals surface area contributed by atoms with Crippen LogP contribution in [0, 0.1) is 11.3 Å². The van der Waals surface area contributed by atoms with Gasteiger partial charge in [0, 0.05) is 50.2 Å². The Hall–Kier alpha value is -3.55. The zero-order chi connectivity index (χ0) is 20.7. The summed E-state index contributed by atoms with van der Waals surface area (Å²) in [6, 6.07) is 4.21. The molecule has 1 N–H and O–H groups in total. The lowest BCUT2D eigenvalue weighted by molar-refractivity contribution is -0.00430. The molecule has 1 aliphatic rings. The molecule has 0 aliphatic carbocycles. The maximum Gasteiger partial charge on any atom is 0.101 e. The molecule has 1 aliphatic heterocycles. The molecule has 5 rings (SSSR count). The fourth-order valence-corrected chi connectivity index (χ4v) is 4.11. The molecule has 0 bridgehead atoms. The maximum absolute atomic E-state index is 9.36. The van der Waals surface area contributed by atoms with Crippen LogP contribution in [0.2, 0.25) is 0 Å². The molecule has 4 aromatic heterocycles. The molecule has 0 saturated carbocycles. The Balaban J connectivity index is 1.55. The predicted molar refractivity (Wildman–Crippen MR) is 108 cm³/mol. The fourth-order valence-electron chi connectivity index (χ4n) is 4.11. The van der Waals surface area contributed by atoms with Crippen molar-refractivity contribution in [3.05, 3.63) is 43.2 Å². The van der Waals surface area contributed by atoms with Crippen LogP contribution >= 0.6 is 0 Å². The van der Waals surface area contributed by atoms with Gasteiger partial charge in [-0.05, 0) is 6.07 Å². The molecule has 0 amide bonds. The summed E-state index contributed by atoms with van der Waals surface area (Å²) < 4.78 is 5.42. The first-order valence-corrected chi connectivity index (χ1v) is 9.71. The number of nitriles is 1. The minimum absolute atomic E-state index is 0.108. The van der Waals surface area contributed by atoms with E-state index in [-0.39, 0.29) is 12.1 Å². The summed E-state index contributed by atoms with van der Waals surface area (Å²) >= 11 is 0. The molecule has 10 heteroatoms. The number of hydrogen-bond acceptors (Lipinski definition) is 7. The van der Waals surface area contributed by atoms with E-state index in [0.717, 1.165) is 28.0 Å². The summed E-state index contributed by atoms with van der Waals surface area (Å²) in [5.74, 6) is 0. The molecule has 4 aromatic rings. The van der Waals surface area contributed by atoms with Crippen LogP contribution < -0.4 is 0 Å². The summed E-state index contributed by atoms with van der Waals surface area (Å²) in [5, 5.41) is 31.7. The van der Waals surface area contributed by atoms with Crippen LogP contribution in [-0.2, 0) is 12.6 Å². The van der Waals surface area contributed by atoms with E-state index in [1.54, 1.807) is 27.8 Å². The van der Waals surface area contributed by atoms with Crippen LogP contribution in [0.15, 0.2) is 43.2 Å². The number of likely N-dealkylation sites (tertiary alicyclic amines) is 1. The normalized spacial score (nSPS) is 15.9.